The average Bonchev–Trinajstić information content (AvgIpc) is 3.00. The maximum absolute atomic E-state index is 12.7. The van der Waals surface area contributed by atoms with Gasteiger partial charge in [-0.2, -0.15) is 0 Å². The van der Waals surface area contributed by atoms with Gasteiger partial charge in [0.1, 0.15) is 0 Å². The predicted octanol–water partition coefficient (Wildman–Crippen LogP) is 5.17. The van der Waals surface area contributed by atoms with Crippen LogP contribution in [-0.4, -0.2) is 13.0 Å². The Hall–Kier alpha value is -1.88. The summed E-state index contributed by atoms with van der Waals surface area (Å²) in [5, 5.41) is 0.583. The first-order chi connectivity index (χ1) is 13.8. The van der Waals surface area contributed by atoms with Crippen LogP contribution in [0.4, 0.5) is 5.69 Å². The predicted molar refractivity (Wildman–Crippen MR) is 127 cm³/mol. The fourth-order valence-electron chi connectivity index (χ4n) is 2.89. The van der Waals surface area contributed by atoms with E-state index in [0.29, 0.717) is 27.5 Å². The standard InChI is InChI=1S/C20H14ClIN2O3S2/c21-17-4-2-1-3-13(17)12-24-18-10-9-16(11-19(18)28-20(24)25)29(26,27)23-15-7-5-14(22)6-8-15/h1-11,23H,12H2. The highest BCUT2D eigenvalue weighted by molar-refractivity contribution is 14.1. The topological polar surface area (TPSA) is 68.2 Å². The molecule has 0 saturated heterocycles. The van der Waals surface area contributed by atoms with Gasteiger partial charge >= 0.3 is 4.87 Å². The Bertz CT molecular complexity index is 1360. The molecule has 3 aromatic carbocycles. The number of aromatic nitrogens is 1. The van der Waals surface area contributed by atoms with Crippen LogP contribution in [0, 0.1) is 3.57 Å². The van der Waals surface area contributed by atoms with Gasteiger partial charge in [0.25, 0.3) is 10.0 Å². The Balaban J connectivity index is 1.69. The molecule has 4 aromatic rings. The molecule has 0 aliphatic rings. The Morgan fingerprint density at radius 1 is 1.03 bits per heavy atom. The molecule has 148 valence electrons. The number of nitrogens with one attached hydrogen (secondary N) is 1. The minimum Gasteiger partial charge on any atom is -0.294 e. The first-order valence-corrected chi connectivity index (χ1v) is 12.2. The van der Waals surface area contributed by atoms with E-state index in [-0.39, 0.29) is 9.77 Å². The molecule has 0 spiro atoms. The van der Waals surface area contributed by atoms with Gasteiger partial charge < -0.3 is 0 Å². The van der Waals surface area contributed by atoms with E-state index >= 15 is 0 Å². The highest BCUT2D eigenvalue weighted by Crippen LogP contribution is 2.25. The van der Waals surface area contributed by atoms with E-state index in [1.54, 1.807) is 28.8 Å². The van der Waals surface area contributed by atoms with E-state index in [1.807, 2.05) is 30.3 Å². The van der Waals surface area contributed by atoms with Crippen molar-refractivity contribution in [1.82, 2.24) is 4.57 Å². The van der Waals surface area contributed by atoms with E-state index in [1.165, 1.54) is 12.1 Å². The number of nitrogens with zero attached hydrogens (tertiary/aromatic N) is 1. The molecule has 29 heavy (non-hydrogen) atoms. The normalized spacial score (nSPS) is 11.7. The van der Waals surface area contributed by atoms with Gasteiger partial charge in [-0.25, -0.2) is 8.42 Å². The van der Waals surface area contributed by atoms with Crippen LogP contribution in [0.3, 0.4) is 0 Å². The third-order valence-electron chi connectivity index (χ3n) is 4.33. The maximum Gasteiger partial charge on any atom is 0.308 e. The van der Waals surface area contributed by atoms with Gasteiger partial charge in [0.2, 0.25) is 0 Å². The first-order valence-electron chi connectivity index (χ1n) is 8.49. The fraction of sp³-hybridized carbons (Fsp3) is 0.0500. The van der Waals surface area contributed by atoms with E-state index in [0.717, 1.165) is 20.5 Å². The number of hydrogen-bond acceptors (Lipinski definition) is 4. The van der Waals surface area contributed by atoms with Gasteiger partial charge in [0, 0.05) is 14.3 Å². The van der Waals surface area contributed by atoms with Crippen molar-refractivity contribution in [3.8, 4) is 0 Å². The zero-order chi connectivity index (χ0) is 20.6. The molecular weight excluding hydrogens is 543 g/mol. The molecular formula is C20H14ClIN2O3S2. The van der Waals surface area contributed by atoms with Gasteiger partial charge in [-0.3, -0.25) is 14.1 Å². The molecule has 1 aromatic heterocycles. The average molecular weight is 557 g/mol. The van der Waals surface area contributed by atoms with Crippen molar-refractivity contribution in [2.24, 2.45) is 0 Å². The zero-order valence-corrected chi connectivity index (χ0v) is 19.3. The number of anilines is 1. The lowest BCUT2D eigenvalue weighted by Gasteiger charge is -2.09. The van der Waals surface area contributed by atoms with Crippen LogP contribution in [-0.2, 0) is 16.6 Å². The molecule has 0 atom stereocenters. The lowest BCUT2D eigenvalue weighted by Crippen LogP contribution is -2.14. The lowest BCUT2D eigenvalue weighted by atomic mass is 10.2. The summed E-state index contributed by atoms with van der Waals surface area (Å²) in [6, 6.07) is 19.1. The molecule has 0 fully saturated rings. The van der Waals surface area contributed by atoms with Crippen molar-refractivity contribution in [3.05, 3.63) is 90.6 Å². The number of sulfonamides is 1. The summed E-state index contributed by atoms with van der Waals surface area (Å²) >= 11 is 9.38. The zero-order valence-electron chi connectivity index (χ0n) is 14.8. The number of rotatable bonds is 5. The second kappa shape index (κ2) is 8.10. The second-order valence-electron chi connectivity index (χ2n) is 6.29. The van der Waals surface area contributed by atoms with Crippen molar-refractivity contribution in [1.29, 1.82) is 0 Å². The largest absolute Gasteiger partial charge is 0.308 e. The van der Waals surface area contributed by atoms with E-state index in [2.05, 4.69) is 27.3 Å². The van der Waals surface area contributed by atoms with Crippen LogP contribution >= 0.6 is 45.5 Å². The second-order valence-corrected chi connectivity index (χ2v) is 10.6. The highest BCUT2D eigenvalue weighted by atomic mass is 127. The number of hydrogen-bond donors (Lipinski definition) is 1. The third-order valence-corrected chi connectivity index (χ3v) is 7.74. The minimum absolute atomic E-state index is 0.106. The van der Waals surface area contributed by atoms with Gasteiger partial charge in [0.15, 0.2) is 0 Å². The Morgan fingerprint density at radius 2 is 1.76 bits per heavy atom. The van der Waals surface area contributed by atoms with Crippen LogP contribution < -0.4 is 9.60 Å². The smallest absolute Gasteiger partial charge is 0.294 e. The number of benzene rings is 3. The molecule has 0 amide bonds. The van der Waals surface area contributed by atoms with Crippen LogP contribution in [0.5, 0.6) is 0 Å². The molecule has 0 unspecified atom stereocenters. The van der Waals surface area contributed by atoms with Gasteiger partial charge in [0.05, 0.1) is 21.7 Å². The first kappa shape index (κ1) is 20.4. The molecule has 0 aliphatic carbocycles. The number of halogens is 2. The van der Waals surface area contributed by atoms with Crippen molar-refractivity contribution in [3.63, 3.8) is 0 Å². The van der Waals surface area contributed by atoms with Crippen molar-refractivity contribution < 1.29 is 8.42 Å². The summed E-state index contributed by atoms with van der Waals surface area (Å²) in [5.74, 6) is 0. The summed E-state index contributed by atoms with van der Waals surface area (Å²) < 4.78 is 31.3. The van der Waals surface area contributed by atoms with Crippen molar-refractivity contribution in [2.45, 2.75) is 11.4 Å². The quantitative estimate of drug-likeness (QED) is 0.345. The molecule has 5 nitrogen and oxygen atoms in total. The highest BCUT2D eigenvalue weighted by Gasteiger charge is 2.17. The Morgan fingerprint density at radius 3 is 2.48 bits per heavy atom. The summed E-state index contributed by atoms with van der Waals surface area (Å²) in [6.45, 7) is 0.325. The number of thiazole rings is 1. The summed E-state index contributed by atoms with van der Waals surface area (Å²) in [7, 11) is -3.77. The van der Waals surface area contributed by atoms with Crippen LogP contribution in [0.25, 0.3) is 10.2 Å². The van der Waals surface area contributed by atoms with Crippen LogP contribution in [0.2, 0.25) is 5.02 Å². The molecule has 0 bridgehead atoms. The maximum atomic E-state index is 12.7. The molecule has 0 saturated carbocycles. The van der Waals surface area contributed by atoms with Gasteiger partial charge in [-0.15, -0.1) is 0 Å². The molecule has 1 heterocycles. The molecule has 0 aliphatic heterocycles. The van der Waals surface area contributed by atoms with Crippen molar-refractivity contribution in [2.75, 3.05) is 4.72 Å². The molecule has 9 heteroatoms. The van der Waals surface area contributed by atoms with Gasteiger partial charge in [-0.1, -0.05) is 41.1 Å². The lowest BCUT2D eigenvalue weighted by molar-refractivity contribution is 0.601. The van der Waals surface area contributed by atoms with Crippen molar-refractivity contribution >= 4 is 71.5 Å². The monoisotopic (exact) mass is 556 g/mol. The van der Waals surface area contributed by atoms with Gasteiger partial charge in [-0.05, 0) is 76.7 Å². The van der Waals surface area contributed by atoms with Crippen LogP contribution in [0.1, 0.15) is 5.56 Å². The summed E-state index contributed by atoms with van der Waals surface area (Å²) in [6.07, 6.45) is 0. The third kappa shape index (κ3) is 4.35. The number of fused-ring (bicyclic) bond motifs is 1. The Kier molecular flexibility index (Phi) is 5.69. The molecule has 4 rings (SSSR count). The fourth-order valence-corrected chi connectivity index (χ4v) is 5.54. The van der Waals surface area contributed by atoms with E-state index < -0.39 is 10.0 Å². The molecule has 0 radical (unpaired) electrons. The van der Waals surface area contributed by atoms with Crippen LogP contribution in [0.15, 0.2) is 76.4 Å². The van der Waals surface area contributed by atoms with E-state index in [4.69, 9.17) is 11.6 Å². The Labute approximate surface area is 190 Å². The SMILES string of the molecule is O=c1sc2cc(S(=O)(=O)Nc3ccc(I)cc3)ccc2n1Cc1ccccc1Cl. The summed E-state index contributed by atoms with van der Waals surface area (Å²) in [5.41, 5.74) is 1.98. The summed E-state index contributed by atoms with van der Waals surface area (Å²) in [4.78, 5) is 12.5. The minimum atomic E-state index is -3.77. The van der Waals surface area contributed by atoms with E-state index in [9.17, 15) is 13.2 Å². The molecule has 1 N–H and O–H groups in total.